The summed E-state index contributed by atoms with van der Waals surface area (Å²) in [4.78, 5) is 20.5. The quantitative estimate of drug-likeness (QED) is 0.731. The molecular weight excluding hydrogens is 286 g/mol. The highest BCUT2D eigenvalue weighted by Crippen LogP contribution is 2.22. The molecule has 0 atom stereocenters. The summed E-state index contributed by atoms with van der Waals surface area (Å²) in [6.07, 6.45) is 1.64. The highest BCUT2D eigenvalue weighted by molar-refractivity contribution is 6.34. The Bertz CT molecular complexity index is 833. The molecule has 2 heterocycles. The Labute approximate surface area is 126 Å². The Kier molecular flexibility index (Phi) is 3.54. The highest BCUT2D eigenvalue weighted by atomic mass is 35.5. The average molecular weight is 298 g/mol. The molecule has 0 bridgehead atoms. The summed E-state index contributed by atoms with van der Waals surface area (Å²) < 4.78 is 0. The van der Waals surface area contributed by atoms with Crippen molar-refractivity contribution in [1.82, 2.24) is 9.97 Å². The number of benzene rings is 1. The van der Waals surface area contributed by atoms with Gasteiger partial charge in [-0.15, -0.1) is 0 Å². The lowest BCUT2D eigenvalue weighted by Gasteiger charge is -2.06. The van der Waals surface area contributed by atoms with Gasteiger partial charge >= 0.3 is 0 Å². The highest BCUT2D eigenvalue weighted by Gasteiger charge is 2.12. The number of nitrogens with one attached hydrogen (secondary N) is 1. The van der Waals surface area contributed by atoms with Crippen LogP contribution in [0, 0.1) is 6.92 Å². The summed E-state index contributed by atoms with van der Waals surface area (Å²) in [6, 6.07) is 12.9. The predicted octanol–water partition coefficient (Wildman–Crippen LogP) is 3.84. The van der Waals surface area contributed by atoms with Gasteiger partial charge in [-0.1, -0.05) is 35.9 Å². The van der Waals surface area contributed by atoms with E-state index in [1.165, 1.54) is 0 Å². The minimum atomic E-state index is -0.333. The Morgan fingerprint density at radius 3 is 2.81 bits per heavy atom. The van der Waals surface area contributed by atoms with Gasteiger partial charge in [-0.25, -0.2) is 9.97 Å². The maximum atomic E-state index is 12.2. The zero-order chi connectivity index (χ0) is 14.8. The van der Waals surface area contributed by atoms with Crippen LogP contribution in [-0.4, -0.2) is 15.9 Å². The lowest BCUT2D eigenvalue weighted by atomic mass is 10.1. The number of aryl methyl sites for hydroxylation is 1. The summed E-state index contributed by atoms with van der Waals surface area (Å²) in [7, 11) is 0. The second kappa shape index (κ2) is 5.50. The first-order valence-electron chi connectivity index (χ1n) is 6.43. The molecule has 1 aromatic carbocycles. The van der Waals surface area contributed by atoms with Crippen molar-refractivity contribution in [2.75, 3.05) is 5.32 Å². The van der Waals surface area contributed by atoms with Gasteiger partial charge in [0.2, 0.25) is 0 Å². The number of pyridine rings is 2. The second-order valence-corrected chi connectivity index (χ2v) is 5.05. The average Bonchev–Trinajstić information content (AvgIpc) is 2.47. The Morgan fingerprint density at radius 1 is 1.19 bits per heavy atom. The van der Waals surface area contributed by atoms with Gasteiger partial charge in [-0.3, -0.25) is 4.79 Å². The van der Waals surface area contributed by atoms with E-state index in [0.717, 1.165) is 16.3 Å². The smallest absolute Gasteiger partial charge is 0.275 e. The van der Waals surface area contributed by atoms with Crippen LogP contribution in [0.25, 0.3) is 10.8 Å². The van der Waals surface area contributed by atoms with Crippen LogP contribution < -0.4 is 5.32 Å². The maximum Gasteiger partial charge on any atom is 0.275 e. The van der Waals surface area contributed by atoms with Crippen LogP contribution in [0.4, 0.5) is 5.82 Å². The molecule has 0 aliphatic heterocycles. The third kappa shape index (κ3) is 2.85. The fraction of sp³-hybridized carbons (Fsp3) is 0.0625. The monoisotopic (exact) mass is 297 g/mol. The molecule has 1 N–H and O–H groups in total. The number of rotatable bonds is 2. The molecule has 0 aliphatic carbocycles. The SMILES string of the molecule is Cc1ccnc(NC(=O)c2cc3ccccc3c(Cl)n2)c1. The second-order valence-electron chi connectivity index (χ2n) is 4.69. The van der Waals surface area contributed by atoms with Crippen molar-refractivity contribution in [3.63, 3.8) is 0 Å². The molecule has 0 saturated heterocycles. The fourth-order valence-electron chi connectivity index (χ4n) is 2.06. The van der Waals surface area contributed by atoms with E-state index in [0.29, 0.717) is 11.0 Å². The third-order valence-electron chi connectivity index (χ3n) is 3.08. The lowest BCUT2D eigenvalue weighted by molar-refractivity contribution is 0.102. The number of hydrogen-bond acceptors (Lipinski definition) is 3. The molecule has 3 aromatic rings. The number of fused-ring (bicyclic) bond motifs is 1. The van der Waals surface area contributed by atoms with Gasteiger partial charge < -0.3 is 5.32 Å². The van der Waals surface area contributed by atoms with Crippen LogP contribution >= 0.6 is 11.6 Å². The van der Waals surface area contributed by atoms with Crippen molar-refractivity contribution in [2.24, 2.45) is 0 Å². The van der Waals surface area contributed by atoms with Crippen LogP contribution in [-0.2, 0) is 0 Å². The van der Waals surface area contributed by atoms with Crippen molar-refractivity contribution in [1.29, 1.82) is 0 Å². The van der Waals surface area contributed by atoms with Crippen molar-refractivity contribution in [3.8, 4) is 0 Å². The first-order valence-corrected chi connectivity index (χ1v) is 6.80. The maximum absolute atomic E-state index is 12.2. The number of aromatic nitrogens is 2. The summed E-state index contributed by atoms with van der Waals surface area (Å²) in [6.45, 7) is 1.93. The molecule has 2 aromatic heterocycles. The number of carbonyl (C=O) groups excluding carboxylic acids is 1. The Morgan fingerprint density at radius 2 is 2.00 bits per heavy atom. The summed E-state index contributed by atoms with van der Waals surface area (Å²) in [5.41, 5.74) is 1.28. The molecule has 5 heteroatoms. The molecular formula is C16H12ClN3O. The summed E-state index contributed by atoms with van der Waals surface area (Å²) >= 11 is 6.13. The number of halogens is 1. The molecule has 0 radical (unpaired) electrons. The normalized spacial score (nSPS) is 10.6. The number of carbonyl (C=O) groups is 1. The largest absolute Gasteiger partial charge is 0.305 e. The van der Waals surface area contributed by atoms with Crippen molar-refractivity contribution in [2.45, 2.75) is 6.92 Å². The topological polar surface area (TPSA) is 54.9 Å². The van der Waals surface area contributed by atoms with Crippen LogP contribution in [0.3, 0.4) is 0 Å². The number of nitrogens with zero attached hydrogens (tertiary/aromatic N) is 2. The fourth-order valence-corrected chi connectivity index (χ4v) is 2.32. The minimum absolute atomic E-state index is 0.266. The molecule has 104 valence electrons. The first-order chi connectivity index (χ1) is 10.1. The van der Waals surface area contributed by atoms with Gasteiger partial charge in [0, 0.05) is 11.6 Å². The summed E-state index contributed by atoms with van der Waals surface area (Å²) in [5, 5.41) is 4.73. The predicted molar refractivity (Wildman–Crippen MR) is 83.7 cm³/mol. The Balaban J connectivity index is 1.94. The van der Waals surface area contributed by atoms with Gasteiger partial charge in [0.15, 0.2) is 0 Å². The number of anilines is 1. The molecule has 21 heavy (non-hydrogen) atoms. The standard InChI is InChI=1S/C16H12ClN3O/c1-10-6-7-18-14(8-10)20-16(21)13-9-11-4-2-3-5-12(11)15(17)19-13/h2-9H,1H3,(H,18,20,21). The van der Waals surface area contributed by atoms with E-state index in [1.807, 2.05) is 37.3 Å². The lowest BCUT2D eigenvalue weighted by Crippen LogP contribution is -2.14. The van der Waals surface area contributed by atoms with Crippen LogP contribution in [0.5, 0.6) is 0 Å². The van der Waals surface area contributed by atoms with Gasteiger partial charge in [0.05, 0.1) is 0 Å². The molecule has 0 unspecified atom stereocenters. The molecule has 1 amide bonds. The van der Waals surface area contributed by atoms with Crippen molar-refractivity contribution in [3.05, 3.63) is 65.1 Å². The van der Waals surface area contributed by atoms with Crippen LogP contribution in [0.2, 0.25) is 5.15 Å². The van der Waals surface area contributed by atoms with Gasteiger partial charge in [-0.2, -0.15) is 0 Å². The van der Waals surface area contributed by atoms with Crippen LogP contribution in [0.15, 0.2) is 48.7 Å². The van der Waals surface area contributed by atoms with E-state index >= 15 is 0 Å². The van der Waals surface area contributed by atoms with Gasteiger partial charge in [-0.05, 0) is 36.1 Å². The molecule has 0 aliphatic rings. The first kappa shape index (κ1) is 13.5. The summed E-state index contributed by atoms with van der Waals surface area (Å²) in [5.74, 6) is 0.159. The van der Waals surface area contributed by atoms with Crippen molar-refractivity contribution >= 4 is 34.1 Å². The Hall–Kier alpha value is -2.46. The molecule has 0 saturated carbocycles. The van der Waals surface area contributed by atoms with Crippen LogP contribution in [0.1, 0.15) is 16.1 Å². The molecule has 0 spiro atoms. The molecule has 4 nitrogen and oxygen atoms in total. The zero-order valence-corrected chi connectivity index (χ0v) is 12.1. The number of amides is 1. The van der Waals surface area contributed by atoms with E-state index in [9.17, 15) is 4.79 Å². The van der Waals surface area contributed by atoms with E-state index in [-0.39, 0.29) is 11.6 Å². The van der Waals surface area contributed by atoms with Gasteiger partial charge in [0.25, 0.3) is 5.91 Å². The molecule has 3 rings (SSSR count). The third-order valence-corrected chi connectivity index (χ3v) is 3.37. The number of hydrogen-bond donors (Lipinski definition) is 1. The van der Waals surface area contributed by atoms with E-state index in [1.54, 1.807) is 18.3 Å². The molecule has 0 fully saturated rings. The van der Waals surface area contributed by atoms with E-state index in [2.05, 4.69) is 15.3 Å². The van der Waals surface area contributed by atoms with E-state index < -0.39 is 0 Å². The zero-order valence-electron chi connectivity index (χ0n) is 11.3. The van der Waals surface area contributed by atoms with Crippen molar-refractivity contribution < 1.29 is 4.79 Å². The van der Waals surface area contributed by atoms with E-state index in [4.69, 9.17) is 11.6 Å². The minimum Gasteiger partial charge on any atom is -0.305 e. The van der Waals surface area contributed by atoms with Gasteiger partial charge in [0.1, 0.15) is 16.7 Å².